The molecule has 3 heterocycles. The van der Waals surface area contributed by atoms with Crippen molar-refractivity contribution in [3.05, 3.63) is 70.4 Å². The molecule has 2 aliphatic heterocycles. The van der Waals surface area contributed by atoms with Crippen molar-refractivity contribution in [2.45, 2.75) is 65.3 Å². The third kappa shape index (κ3) is 7.50. The highest BCUT2D eigenvalue weighted by Crippen LogP contribution is 2.37. The van der Waals surface area contributed by atoms with Crippen LogP contribution in [0.1, 0.15) is 50.3 Å². The Morgan fingerprint density at radius 1 is 1.12 bits per heavy atom. The molecule has 1 aromatic carbocycles. The first-order valence-corrected chi connectivity index (χ1v) is 13.3. The number of hydrogen-bond donors (Lipinski definition) is 2. The number of pyridine rings is 1. The van der Waals surface area contributed by atoms with E-state index in [9.17, 15) is 35.9 Å². The number of carbonyl (C=O) groups excluding carboxylic acids is 2. The number of nitrogens with one attached hydrogen (secondary N) is 2. The predicted octanol–water partition coefficient (Wildman–Crippen LogP) is 4.67. The molecule has 2 atom stereocenters. The highest BCUT2D eigenvalue weighted by atomic mass is 19.4. The Morgan fingerprint density at radius 2 is 1.83 bits per heavy atom. The van der Waals surface area contributed by atoms with Gasteiger partial charge >= 0.3 is 6.18 Å². The van der Waals surface area contributed by atoms with Crippen molar-refractivity contribution in [3.8, 4) is 0 Å². The largest absolute Gasteiger partial charge is 0.427 e. The van der Waals surface area contributed by atoms with Crippen molar-refractivity contribution in [3.63, 3.8) is 0 Å². The van der Waals surface area contributed by atoms with Gasteiger partial charge in [0, 0.05) is 43.7 Å². The number of aromatic nitrogens is 1. The molecular weight excluding hydrogens is 552 g/mol. The summed E-state index contributed by atoms with van der Waals surface area (Å²) in [5, 5.41) is 5.09. The lowest BCUT2D eigenvalue weighted by atomic mass is 10.00. The van der Waals surface area contributed by atoms with Crippen LogP contribution in [0.5, 0.6) is 0 Å². The van der Waals surface area contributed by atoms with E-state index in [-0.39, 0.29) is 67.0 Å². The van der Waals surface area contributed by atoms with E-state index in [1.54, 1.807) is 6.92 Å². The molecule has 2 aromatic rings. The number of halogens is 6. The van der Waals surface area contributed by atoms with Crippen molar-refractivity contribution in [2.24, 2.45) is 0 Å². The Morgan fingerprint density at radius 3 is 2.44 bits per heavy atom. The SMILES string of the molecule is CC.CCC(=O)NC(CC(=O)N1CCN2C(=C(c3ccc(F)nc3)NC2C(F)(F)F)C1)Cc1cc(F)c(C)cc1F. The topological polar surface area (TPSA) is 77.6 Å². The van der Waals surface area contributed by atoms with Gasteiger partial charge in [-0.3, -0.25) is 9.59 Å². The lowest BCUT2D eigenvalue weighted by Gasteiger charge is -2.39. The van der Waals surface area contributed by atoms with Crippen LogP contribution < -0.4 is 10.6 Å². The first-order chi connectivity index (χ1) is 19.4. The van der Waals surface area contributed by atoms with Crippen LogP contribution in [-0.4, -0.2) is 64.6 Å². The summed E-state index contributed by atoms with van der Waals surface area (Å²) in [5.74, 6) is -2.98. The average molecular weight is 586 g/mol. The number of aryl methyl sites for hydroxylation is 1. The van der Waals surface area contributed by atoms with Gasteiger partial charge in [0.2, 0.25) is 17.8 Å². The van der Waals surface area contributed by atoms with Crippen LogP contribution in [0.15, 0.2) is 36.2 Å². The molecule has 0 saturated carbocycles. The van der Waals surface area contributed by atoms with Gasteiger partial charge in [0.05, 0.1) is 17.9 Å². The standard InChI is InChI=1S/C26H27F6N5O2.C2H6/c1-3-22(38)34-17(9-16-10-18(27)14(2)8-19(16)28)11-23(39)36-6-7-37-20(13-36)24(35-25(37)26(30,31)32)15-4-5-21(29)33-12-15;1-2/h4-5,8,10,12,17,25,35H,3,6-7,9,11,13H2,1-2H3,(H,34,38);1-2H3. The molecular formula is C28H33F6N5O2. The third-order valence-electron chi connectivity index (χ3n) is 6.76. The van der Waals surface area contributed by atoms with Gasteiger partial charge in [0.15, 0.2) is 6.17 Å². The molecule has 2 N–H and O–H groups in total. The molecule has 0 bridgehead atoms. The Hall–Kier alpha value is -3.77. The highest BCUT2D eigenvalue weighted by molar-refractivity contribution is 5.81. The number of benzene rings is 1. The van der Waals surface area contributed by atoms with E-state index in [2.05, 4.69) is 15.6 Å². The molecule has 2 amide bonds. The third-order valence-corrected chi connectivity index (χ3v) is 6.76. The molecule has 1 fully saturated rings. The zero-order valence-electron chi connectivity index (χ0n) is 23.2. The van der Waals surface area contributed by atoms with Gasteiger partial charge in [-0.2, -0.15) is 17.6 Å². The lowest BCUT2D eigenvalue weighted by Crippen LogP contribution is -2.55. The maximum Gasteiger partial charge on any atom is 0.427 e. The van der Waals surface area contributed by atoms with Crippen molar-refractivity contribution in [1.29, 1.82) is 0 Å². The molecule has 0 radical (unpaired) electrons. The highest BCUT2D eigenvalue weighted by Gasteiger charge is 2.50. The van der Waals surface area contributed by atoms with E-state index in [0.717, 1.165) is 29.3 Å². The molecule has 2 unspecified atom stereocenters. The Bertz CT molecular complexity index is 1280. The summed E-state index contributed by atoms with van der Waals surface area (Å²) in [5.41, 5.74) is 0.588. The minimum absolute atomic E-state index is 0.0149. The second kappa shape index (κ2) is 13.3. The van der Waals surface area contributed by atoms with Crippen LogP contribution in [0.3, 0.4) is 0 Å². The van der Waals surface area contributed by atoms with Crippen LogP contribution >= 0.6 is 0 Å². The molecule has 0 spiro atoms. The Labute approximate surface area is 234 Å². The number of carbonyl (C=O) groups is 2. The number of rotatable bonds is 7. The van der Waals surface area contributed by atoms with E-state index in [4.69, 9.17) is 0 Å². The summed E-state index contributed by atoms with van der Waals surface area (Å²) < 4.78 is 83.2. The van der Waals surface area contributed by atoms with Crippen LogP contribution in [0.4, 0.5) is 26.3 Å². The van der Waals surface area contributed by atoms with E-state index in [0.29, 0.717) is 0 Å². The molecule has 13 heteroatoms. The van der Waals surface area contributed by atoms with Gasteiger partial charge in [0.1, 0.15) is 11.6 Å². The van der Waals surface area contributed by atoms with Crippen molar-refractivity contribution in [1.82, 2.24) is 25.4 Å². The molecule has 2 aliphatic rings. The number of alkyl halides is 3. The molecule has 0 aliphatic carbocycles. The number of nitrogens with zero attached hydrogens (tertiary/aromatic N) is 3. The summed E-state index contributed by atoms with van der Waals surface area (Å²) in [4.78, 5) is 31.4. The van der Waals surface area contributed by atoms with Crippen molar-refractivity contribution in [2.75, 3.05) is 19.6 Å². The fourth-order valence-electron chi connectivity index (χ4n) is 4.72. The summed E-state index contributed by atoms with van der Waals surface area (Å²) >= 11 is 0. The zero-order chi connectivity index (χ0) is 30.5. The van der Waals surface area contributed by atoms with Crippen LogP contribution in [0, 0.1) is 24.5 Å². The fourth-order valence-corrected chi connectivity index (χ4v) is 4.72. The first kappa shape index (κ1) is 31.8. The van der Waals surface area contributed by atoms with Crippen molar-refractivity contribution < 1.29 is 35.9 Å². The summed E-state index contributed by atoms with van der Waals surface area (Å²) in [6.45, 7) is 6.65. The minimum Gasteiger partial charge on any atom is -0.356 e. The second-order valence-corrected chi connectivity index (χ2v) is 9.51. The quantitative estimate of drug-likeness (QED) is 0.365. The van der Waals surface area contributed by atoms with Gasteiger partial charge in [0.25, 0.3) is 0 Å². The second-order valence-electron chi connectivity index (χ2n) is 9.51. The first-order valence-electron chi connectivity index (χ1n) is 13.3. The van der Waals surface area contributed by atoms with Gasteiger partial charge in [-0.1, -0.05) is 20.8 Å². The lowest BCUT2D eigenvalue weighted by molar-refractivity contribution is -0.182. The number of hydrogen-bond acceptors (Lipinski definition) is 5. The van der Waals surface area contributed by atoms with E-state index < -0.39 is 47.8 Å². The monoisotopic (exact) mass is 585 g/mol. The van der Waals surface area contributed by atoms with Gasteiger partial charge in [-0.25, -0.2) is 13.8 Å². The Balaban J connectivity index is 0.00000226. The van der Waals surface area contributed by atoms with Gasteiger partial charge < -0.3 is 20.4 Å². The maximum absolute atomic E-state index is 14.5. The molecule has 7 nitrogen and oxygen atoms in total. The molecule has 1 aromatic heterocycles. The van der Waals surface area contributed by atoms with Gasteiger partial charge in [-0.05, 0) is 48.7 Å². The van der Waals surface area contributed by atoms with Gasteiger partial charge in [-0.15, -0.1) is 0 Å². The smallest absolute Gasteiger partial charge is 0.356 e. The molecule has 4 rings (SSSR count). The average Bonchev–Trinajstić information content (AvgIpc) is 3.32. The molecule has 41 heavy (non-hydrogen) atoms. The minimum atomic E-state index is -4.63. The Kier molecular flexibility index (Phi) is 10.3. The van der Waals surface area contributed by atoms with Crippen molar-refractivity contribution >= 4 is 17.5 Å². The zero-order valence-corrected chi connectivity index (χ0v) is 23.2. The van der Waals surface area contributed by atoms with Crippen LogP contribution in [0.2, 0.25) is 0 Å². The van der Waals surface area contributed by atoms with E-state index in [1.165, 1.54) is 17.9 Å². The summed E-state index contributed by atoms with van der Waals surface area (Å²) in [7, 11) is 0. The fraction of sp³-hybridized carbons (Fsp3) is 0.464. The number of amides is 2. The maximum atomic E-state index is 14.5. The predicted molar refractivity (Wildman–Crippen MR) is 140 cm³/mol. The number of piperazine rings is 1. The van der Waals surface area contributed by atoms with Crippen LogP contribution in [-0.2, 0) is 16.0 Å². The summed E-state index contributed by atoms with van der Waals surface area (Å²) in [6.07, 6.45) is -5.89. The number of fused-ring (bicyclic) bond motifs is 1. The summed E-state index contributed by atoms with van der Waals surface area (Å²) in [6, 6.07) is 3.50. The molecule has 224 valence electrons. The normalized spacial score (nSPS) is 17.4. The van der Waals surface area contributed by atoms with E-state index >= 15 is 0 Å². The van der Waals surface area contributed by atoms with E-state index in [1.807, 2.05) is 13.8 Å². The molecule has 1 saturated heterocycles. The van der Waals surface area contributed by atoms with Crippen LogP contribution in [0.25, 0.3) is 5.70 Å².